The van der Waals surface area contributed by atoms with Crippen LogP contribution in [-0.2, 0) is 5.88 Å². The van der Waals surface area contributed by atoms with Gasteiger partial charge in [0.05, 0.1) is 29.0 Å². The molecule has 0 saturated heterocycles. The van der Waals surface area contributed by atoms with Gasteiger partial charge in [-0.15, -0.1) is 11.6 Å². The minimum Gasteiger partial charge on any atom is -0.497 e. The Morgan fingerprint density at radius 1 is 1.24 bits per heavy atom. The van der Waals surface area contributed by atoms with Crippen LogP contribution in [-0.4, -0.2) is 16.7 Å². The summed E-state index contributed by atoms with van der Waals surface area (Å²) in [5, 5.41) is 0.660. The summed E-state index contributed by atoms with van der Waals surface area (Å²) in [7, 11) is 1.64. The molecule has 0 saturated carbocycles. The van der Waals surface area contributed by atoms with E-state index in [4.69, 9.17) is 27.9 Å². The molecular formula is C15H11BrCl2N2O. The summed E-state index contributed by atoms with van der Waals surface area (Å²) >= 11 is 15.6. The van der Waals surface area contributed by atoms with Gasteiger partial charge < -0.3 is 4.74 Å². The lowest BCUT2D eigenvalue weighted by atomic mass is 10.2. The van der Waals surface area contributed by atoms with Crippen molar-refractivity contribution in [3.63, 3.8) is 0 Å². The van der Waals surface area contributed by atoms with Crippen LogP contribution in [0.4, 0.5) is 0 Å². The number of aromatic nitrogens is 2. The van der Waals surface area contributed by atoms with E-state index in [2.05, 4.69) is 20.9 Å². The lowest BCUT2D eigenvalue weighted by Gasteiger charge is -2.09. The highest BCUT2D eigenvalue weighted by Crippen LogP contribution is 2.30. The summed E-state index contributed by atoms with van der Waals surface area (Å²) in [5.74, 6) is 1.86. The zero-order valence-corrected chi connectivity index (χ0v) is 14.2. The van der Waals surface area contributed by atoms with Gasteiger partial charge in [0.2, 0.25) is 0 Å². The van der Waals surface area contributed by atoms with Crippen LogP contribution in [0.5, 0.6) is 5.75 Å². The second-order valence-electron chi connectivity index (χ2n) is 4.45. The van der Waals surface area contributed by atoms with Gasteiger partial charge in [0, 0.05) is 16.2 Å². The summed E-state index contributed by atoms with van der Waals surface area (Å²) in [4.78, 5) is 4.56. The predicted octanol–water partition coefficient (Wildman–Crippen LogP) is 5.19. The number of nitrogens with zero attached hydrogens (tertiary/aromatic N) is 2. The average Bonchev–Trinajstić information content (AvgIpc) is 2.87. The Labute approximate surface area is 140 Å². The number of methoxy groups -OCH3 is 1. The molecule has 0 fully saturated rings. The topological polar surface area (TPSA) is 27.1 Å². The Bertz CT molecular complexity index is 817. The minimum absolute atomic E-state index is 0.317. The number of hydrogen-bond acceptors (Lipinski definition) is 2. The molecule has 3 aromatic rings. The molecule has 0 amide bonds. The number of hydrogen-bond donors (Lipinski definition) is 0. The minimum atomic E-state index is 0.317. The van der Waals surface area contributed by atoms with Crippen LogP contribution in [0.15, 0.2) is 40.9 Å². The van der Waals surface area contributed by atoms with Crippen LogP contribution in [0.1, 0.15) is 5.82 Å². The van der Waals surface area contributed by atoms with Gasteiger partial charge in [-0.3, -0.25) is 4.57 Å². The number of rotatable bonds is 3. The number of benzene rings is 2. The molecule has 3 rings (SSSR count). The Morgan fingerprint density at radius 2 is 2.05 bits per heavy atom. The lowest BCUT2D eigenvalue weighted by Crippen LogP contribution is -1.99. The molecular weight excluding hydrogens is 375 g/mol. The van der Waals surface area contributed by atoms with Gasteiger partial charge in [-0.2, -0.15) is 0 Å². The first kappa shape index (κ1) is 14.7. The molecule has 0 N–H and O–H groups in total. The van der Waals surface area contributed by atoms with Crippen LogP contribution >= 0.6 is 39.1 Å². The average molecular weight is 386 g/mol. The Kier molecular flexibility index (Phi) is 4.11. The first-order valence-electron chi connectivity index (χ1n) is 6.21. The fourth-order valence-corrected chi connectivity index (χ4v) is 2.90. The molecule has 0 unspecified atom stereocenters. The fourth-order valence-electron chi connectivity index (χ4n) is 2.23. The van der Waals surface area contributed by atoms with E-state index in [1.165, 1.54) is 0 Å². The van der Waals surface area contributed by atoms with E-state index in [0.29, 0.717) is 10.9 Å². The van der Waals surface area contributed by atoms with E-state index < -0.39 is 0 Å². The van der Waals surface area contributed by atoms with Gasteiger partial charge in [-0.1, -0.05) is 11.6 Å². The third kappa shape index (κ3) is 2.63. The van der Waals surface area contributed by atoms with Crippen molar-refractivity contribution < 1.29 is 4.74 Å². The number of fused-ring (bicyclic) bond motifs is 1. The summed E-state index contributed by atoms with van der Waals surface area (Å²) in [6.45, 7) is 0. The number of alkyl halides is 1. The molecule has 0 bridgehead atoms. The van der Waals surface area contributed by atoms with Crippen molar-refractivity contribution in [2.75, 3.05) is 7.11 Å². The van der Waals surface area contributed by atoms with E-state index in [0.717, 1.165) is 32.8 Å². The number of halogens is 3. The van der Waals surface area contributed by atoms with Crippen LogP contribution in [0.2, 0.25) is 5.02 Å². The molecule has 3 nitrogen and oxygen atoms in total. The van der Waals surface area contributed by atoms with Crippen molar-refractivity contribution in [2.45, 2.75) is 5.88 Å². The van der Waals surface area contributed by atoms with Gasteiger partial charge in [0.25, 0.3) is 0 Å². The largest absolute Gasteiger partial charge is 0.497 e. The second-order valence-corrected chi connectivity index (χ2v) is 5.98. The Balaban J connectivity index is 2.30. The molecule has 108 valence electrons. The van der Waals surface area contributed by atoms with Crippen molar-refractivity contribution in [3.05, 3.63) is 51.7 Å². The second kappa shape index (κ2) is 5.87. The summed E-state index contributed by atoms with van der Waals surface area (Å²) in [5.41, 5.74) is 2.76. The molecule has 6 heteroatoms. The quantitative estimate of drug-likeness (QED) is 0.580. The summed E-state index contributed by atoms with van der Waals surface area (Å²) in [6.07, 6.45) is 0. The maximum absolute atomic E-state index is 6.06. The molecule has 1 heterocycles. The summed E-state index contributed by atoms with van der Waals surface area (Å²) in [6, 6.07) is 11.5. The zero-order valence-electron chi connectivity index (χ0n) is 11.1. The van der Waals surface area contributed by atoms with Gasteiger partial charge in [0.1, 0.15) is 11.6 Å². The molecule has 1 aromatic heterocycles. The maximum atomic E-state index is 6.06. The Morgan fingerprint density at radius 3 is 2.71 bits per heavy atom. The monoisotopic (exact) mass is 384 g/mol. The summed E-state index contributed by atoms with van der Waals surface area (Å²) < 4.78 is 8.13. The van der Waals surface area contributed by atoms with Crippen molar-refractivity contribution in [3.8, 4) is 11.4 Å². The van der Waals surface area contributed by atoms with Gasteiger partial charge in [0.15, 0.2) is 0 Å². The van der Waals surface area contributed by atoms with Crippen molar-refractivity contribution in [2.24, 2.45) is 0 Å². The highest BCUT2D eigenvalue weighted by Gasteiger charge is 2.13. The third-order valence-corrected chi connectivity index (χ3v) is 4.67. The standard InChI is InChI=1S/C15H11BrCl2N2O/c1-21-10-3-5-13-14(7-10)20(15(8-17)19-13)9-2-4-12(18)11(16)6-9/h2-7H,8H2,1H3. The van der Waals surface area contributed by atoms with E-state index >= 15 is 0 Å². The third-order valence-electron chi connectivity index (χ3n) is 3.21. The van der Waals surface area contributed by atoms with E-state index in [9.17, 15) is 0 Å². The van der Waals surface area contributed by atoms with E-state index in [1.54, 1.807) is 7.11 Å². The zero-order chi connectivity index (χ0) is 15.0. The molecule has 0 radical (unpaired) electrons. The van der Waals surface area contributed by atoms with Crippen molar-refractivity contribution in [1.82, 2.24) is 9.55 Å². The highest BCUT2D eigenvalue weighted by atomic mass is 79.9. The van der Waals surface area contributed by atoms with Crippen molar-refractivity contribution in [1.29, 1.82) is 0 Å². The van der Waals surface area contributed by atoms with Gasteiger partial charge in [-0.25, -0.2) is 4.98 Å². The molecule has 2 aromatic carbocycles. The highest BCUT2D eigenvalue weighted by molar-refractivity contribution is 9.10. The van der Waals surface area contributed by atoms with Gasteiger partial charge in [-0.05, 0) is 46.3 Å². The van der Waals surface area contributed by atoms with Gasteiger partial charge >= 0.3 is 0 Å². The lowest BCUT2D eigenvalue weighted by molar-refractivity contribution is 0.415. The maximum Gasteiger partial charge on any atom is 0.129 e. The molecule has 0 atom stereocenters. The SMILES string of the molecule is COc1ccc2nc(CCl)n(-c3ccc(Cl)c(Br)c3)c2c1. The number of imidazole rings is 1. The first-order valence-corrected chi connectivity index (χ1v) is 7.91. The smallest absolute Gasteiger partial charge is 0.129 e. The molecule has 0 spiro atoms. The van der Waals surface area contributed by atoms with E-state index in [-0.39, 0.29) is 0 Å². The van der Waals surface area contributed by atoms with Crippen LogP contribution in [0, 0.1) is 0 Å². The van der Waals surface area contributed by atoms with Crippen LogP contribution < -0.4 is 4.74 Å². The number of ether oxygens (including phenoxy) is 1. The normalized spacial score (nSPS) is 11.0. The Hall–Kier alpha value is -1.23. The van der Waals surface area contributed by atoms with Crippen molar-refractivity contribution >= 4 is 50.2 Å². The fraction of sp³-hybridized carbons (Fsp3) is 0.133. The van der Waals surface area contributed by atoms with Crippen LogP contribution in [0.25, 0.3) is 16.7 Å². The first-order chi connectivity index (χ1) is 10.1. The molecule has 21 heavy (non-hydrogen) atoms. The van der Waals surface area contributed by atoms with E-state index in [1.807, 2.05) is 41.0 Å². The molecule has 0 aliphatic carbocycles. The molecule has 0 aliphatic heterocycles. The predicted molar refractivity (Wildman–Crippen MR) is 89.9 cm³/mol. The van der Waals surface area contributed by atoms with Crippen LogP contribution in [0.3, 0.4) is 0 Å². The molecule has 0 aliphatic rings.